The fourth-order valence-electron chi connectivity index (χ4n) is 3.20. The Hall–Kier alpha value is -1.56. The quantitative estimate of drug-likeness (QED) is 0.597. The van der Waals surface area contributed by atoms with Crippen molar-refractivity contribution >= 4 is 0 Å². The van der Waals surface area contributed by atoms with E-state index >= 15 is 0 Å². The molecule has 0 amide bonds. The summed E-state index contributed by atoms with van der Waals surface area (Å²) in [5.41, 5.74) is 6.21. The monoisotopic (exact) mass is 308 g/mol. The predicted molar refractivity (Wildman–Crippen MR) is 102 cm³/mol. The maximum atomic E-state index is 2.45. The summed E-state index contributed by atoms with van der Waals surface area (Å²) in [7, 11) is 0. The van der Waals surface area contributed by atoms with Gasteiger partial charge in [0.1, 0.15) is 0 Å². The summed E-state index contributed by atoms with van der Waals surface area (Å²) in [6.45, 7) is 16.2. The van der Waals surface area contributed by atoms with Gasteiger partial charge in [0, 0.05) is 0 Å². The summed E-state index contributed by atoms with van der Waals surface area (Å²) < 4.78 is 0. The maximum absolute atomic E-state index is 2.45. The van der Waals surface area contributed by atoms with Gasteiger partial charge in [-0.05, 0) is 45.4 Å². The van der Waals surface area contributed by atoms with Gasteiger partial charge in [0.2, 0.25) is 0 Å². The first kappa shape index (κ1) is 17.8. The van der Waals surface area contributed by atoms with Crippen molar-refractivity contribution < 1.29 is 0 Å². The molecule has 124 valence electrons. The van der Waals surface area contributed by atoms with Crippen LogP contribution in [0.5, 0.6) is 0 Å². The van der Waals surface area contributed by atoms with Crippen LogP contribution in [-0.4, -0.2) is 0 Å². The van der Waals surface area contributed by atoms with Gasteiger partial charge in [-0.2, -0.15) is 0 Å². The minimum atomic E-state index is 0.177. The molecule has 0 aliphatic carbocycles. The first-order chi connectivity index (χ1) is 10.6. The van der Waals surface area contributed by atoms with Crippen molar-refractivity contribution in [1.82, 2.24) is 0 Å². The molecule has 0 nitrogen and oxygen atoms in total. The van der Waals surface area contributed by atoms with E-state index in [2.05, 4.69) is 97.0 Å². The molecule has 0 aromatic heterocycles. The first-order valence-corrected chi connectivity index (χ1v) is 8.78. The van der Waals surface area contributed by atoms with Crippen LogP contribution >= 0.6 is 0 Å². The number of hydrogen-bond donors (Lipinski definition) is 0. The number of benzene rings is 2. The van der Waals surface area contributed by atoms with Crippen LogP contribution in [0.1, 0.15) is 76.6 Å². The summed E-state index contributed by atoms with van der Waals surface area (Å²) in [6, 6.07) is 18.0. The highest BCUT2D eigenvalue weighted by Gasteiger charge is 2.23. The van der Waals surface area contributed by atoms with Gasteiger partial charge in [-0.15, -0.1) is 0 Å². The molecule has 1 unspecified atom stereocenters. The van der Waals surface area contributed by atoms with Crippen molar-refractivity contribution in [3.8, 4) is 0 Å². The number of hydrogen-bond acceptors (Lipinski definition) is 0. The molecule has 0 bridgehead atoms. The first-order valence-electron chi connectivity index (χ1n) is 8.78. The summed E-state index contributed by atoms with van der Waals surface area (Å²) in [6.07, 6.45) is 1.09. The van der Waals surface area contributed by atoms with E-state index in [-0.39, 0.29) is 10.8 Å². The Kier molecular flexibility index (Phi) is 5.04. The van der Waals surface area contributed by atoms with Gasteiger partial charge in [0.15, 0.2) is 0 Å². The van der Waals surface area contributed by atoms with Gasteiger partial charge in [0.05, 0.1) is 0 Å². The van der Waals surface area contributed by atoms with Gasteiger partial charge in [-0.25, -0.2) is 0 Å². The third kappa shape index (κ3) is 4.47. The largest absolute Gasteiger partial charge is 0.0622 e. The highest BCUT2D eigenvalue weighted by Crippen LogP contribution is 2.35. The van der Waals surface area contributed by atoms with Crippen LogP contribution in [0.15, 0.2) is 48.5 Å². The molecule has 0 fully saturated rings. The second-order valence-corrected chi connectivity index (χ2v) is 8.89. The molecule has 23 heavy (non-hydrogen) atoms. The van der Waals surface area contributed by atoms with Gasteiger partial charge < -0.3 is 0 Å². The van der Waals surface area contributed by atoms with Crippen LogP contribution in [0.25, 0.3) is 0 Å². The van der Waals surface area contributed by atoms with Crippen LogP contribution < -0.4 is 0 Å². The third-order valence-corrected chi connectivity index (χ3v) is 4.64. The van der Waals surface area contributed by atoms with Crippen LogP contribution in [-0.2, 0) is 17.3 Å². The maximum Gasteiger partial charge on any atom is -0.0129 e. The van der Waals surface area contributed by atoms with E-state index in [1.807, 2.05) is 0 Å². The molecule has 0 N–H and O–H groups in total. The Bertz CT molecular complexity index is 636. The summed E-state index contributed by atoms with van der Waals surface area (Å²) in [5.74, 6) is 0.522. The van der Waals surface area contributed by atoms with E-state index < -0.39 is 0 Å². The Balaban J connectivity index is 2.44. The zero-order valence-electron chi connectivity index (χ0n) is 15.9. The molecule has 0 spiro atoms. The fraction of sp³-hybridized carbons (Fsp3) is 0.478. The molecular weight excluding hydrogens is 276 g/mol. The van der Waals surface area contributed by atoms with Crippen LogP contribution in [0.4, 0.5) is 0 Å². The Morgan fingerprint density at radius 1 is 0.783 bits per heavy atom. The molecule has 1 atom stereocenters. The van der Waals surface area contributed by atoms with Crippen molar-refractivity contribution in [2.24, 2.45) is 0 Å². The molecule has 0 radical (unpaired) electrons. The molecule has 0 aliphatic heterocycles. The highest BCUT2D eigenvalue weighted by molar-refractivity contribution is 5.41. The van der Waals surface area contributed by atoms with Crippen molar-refractivity contribution in [1.29, 1.82) is 0 Å². The summed E-state index contributed by atoms with van der Waals surface area (Å²) in [4.78, 5) is 0. The second-order valence-electron chi connectivity index (χ2n) is 8.89. The van der Waals surface area contributed by atoms with Gasteiger partial charge in [0.25, 0.3) is 0 Å². The SMILES string of the molecule is CC(Cc1ccccc1)c1cc(C(C)(C)C)ccc1C(C)(C)C. The van der Waals surface area contributed by atoms with Crippen LogP contribution in [0.3, 0.4) is 0 Å². The minimum absolute atomic E-state index is 0.177. The van der Waals surface area contributed by atoms with E-state index in [1.165, 1.54) is 22.3 Å². The zero-order valence-corrected chi connectivity index (χ0v) is 15.9. The third-order valence-electron chi connectivity index (χ3n) is 4.64. The minimum Gasteiger partial charge on any atom is -0.0622 e. The lowest BCUT2D eigenvalue weighted by Crippen LogP contribution is -2.19. The lowest BCUT2D eigenvalue weighted by atomic mass is 9.76. The van der Waals surface area contributed by atoms with Crippen molar-refractivity contribution in [2.45, 2.75) is 71.6 Å². The van der Waals surface area contributed by atoms with Gasteiger partial charge >= 0.3 is 0 Å². The van der Waals surface area contributed by atoms with E-state index in [0.717, 1.165) is 6.42 Å². The molecule has 2 aromatic carbocycles. The van der Waals surface area contributed by atoms with Crippen molar-refractivity contribution in [3.63, 3.8) is 0 Å². The molecule has 2 aromatic rings. The highest BCUT2D eigenvalue weighted by atomic mass is 14.3. The smallest absolute Gasteiger partial charge is 0.0129 e. The second kappa shape index (κ2) is 6.51. The predicted octanol–water partition coefficient (Wildman–Crippen LogP) is 6.63. The topological polar surface area (TPSA) is 0 Å². The Morgan fingerprint density at radius 3 is 1.91 bits per heavy atom. The number of rotatable bonds is 3. The van der Waals surface area contributed by atoms with E-state index in [9.17, 15) is 0 Å². The van der Waals surface area contributed by atoms with E-state index in [4.69, 9.17) is 0 Å². The standard InChI is InChI=1S/C23H32/c1-17(15-18-11-9-8-10-12-18)20-16-19(22(2,3)4)13-14-21(20)23(5,6)7/h8-14,16-17H,15H2,1-7H3. The lowest BCUT2D eigenvalue weighted by Gasteiger charge is -2.29. The van der Waals surface area contributed by atoms with E-state index in [1.54, 1.807) is 0 Å². The van der Waals surface area contributed by atoms with E-state index in [0.29, 0.717) is 5.92 Å². The molecular formula is C23H32. The van der Waals surface area contributed by atoms with Crippen molar-refractivity contribution in [2.75, 3.05) is 0 Å². The molecule has 0 saturated carbocycles. The fourth-order valence-corrected chi connectivity index (χ4v) is 3.20. The lowest BCUT2D eigenvalue weighted by molar-refractivity contribution is 0.561. The molecule has 0 aliphatic rings. The van der Waals surface area contributed by atoms with Crippen LogP contribution in [0, 0.1) is 0 Å². The van der Waals surface area contributed by atoms with Crippen LogP contribution in [0.2, 0.25) is 0 Å². The average Bonchev–Trinajstić information content (AvgIpc) is 2.45. The normalized spacial score (nSPS) is 13.9. The Morgan fingerprint density at radius 2 is 1.39 bits per heavy atom. The molecule has 0 heteroatoms. The Labute approximate surface area is 143 Å². The zero-order chi connectivity index (χ0) is 17.3. The molecule has 2 rings (SSSR count). The van der Waals surface area contributed by atoms with Gasteiger partial charge in [-0.1, -0.05) is 97.0 Å². The summed E-state index contributed by atoms with van der Waals surface area (Å²) >= 11 is 0. The van der Waals surface area contributed by atoms with Crippen molar-refractivity contribution in [3.05, 3.63) is 70.8 Å². The summed E-state index contributed by atoms with van der Waals surface area (Å²) in [5, 5.41) is 0. The molecule has 0 heterocycles. The van der Waals surface area contributed by atoms with Gasteiger partial charge in [-0.3, -0.25) is 0 Å². The molecule has 0 saturated heterocycles. The average molecular weight is 309 g/mol.